The Morgan fingerprint density at radius 2 is 1.32 bits per heavy atom. The summed E-state index contributed by atoms with van der Waals surface area (Å²) in [6.45, 7) is 3.52. The van der Waals surface area contributed by atoms with Gasteiger partial charge in [-0.3, -0.25) is 4.90 Å². The first-order chi connectivity index (χ1) is 12.1. The first kappa shape index (κ1) is 22.4. The van der Waals surface area contributed by atoms with Gasteiger partial charge in [0.2, 0.25) is 0 Å². The van der Waals surface area contributed by atoms with Crippen molar-refractivity contribution in [1.82, 2.24) is 4.90 Å². The van der Waals surface area contributed by atoms with E-state index in [0.717, 1.165) is 19.4 Å². The Morgan fingerprint density at radius 3 is 1.76 bits per heavy atom. The van der Waals surface area contributed by atoms with Crippen molar-refractivity contribution >= 4 is 5.97 Å². The highest BCUT2D eigenvalue weighted by Crippen LogP contribution is 2.19. The summed E-state index contributed by atoms with van der Waals surface area (Å²) < 4.78 is 0. The summed E-state index contributed by atoms with van der Waals surface area (Å²) in [4.78, 5) is 12.9. The third-order valence-corrected chi connectivity index (χ3v) is 5.45. The van der Waals surface area contributed by atoms with E-state index in [0.29, 0.717) is 13.0 Å². The summed E-state index contributed by atoms with van der Waals surface area (Å²) in [5.74, 6) is -1.04. The highest BCUT2D eigenvalue weighted by molar-refractivity contribution is 5.71. The van der Waals surface area contributed by atoms with Crippen LogP contribution in [0.5, 0.6) is 0 Å². The first-order valence-electron chi connectivity index (χ1n) is 10.8. The number of hydrogen-bond acceptors (Lipinski definition) is 4. The molecule has 0 saturated carbocycles. The quantitative estimate of drug-likeness (QED) is 0.430. The van der Waals surface area contributed by atoms with Gasteiger partial charge >= 0.3 is 0 Å². The van der Waals surface area contributed by atoms with Gasteiger partial charge in [-0.25, -0.2) is 0 Å². The van der Waals surface area contributed by atoms with E-state index in [9.17, 15) is 15.0 Å². The molecule has 1 aliphatic rings. The molecule has 2 atom stereocenters. The summed E-state index contributed by atoms with van der Waals surface area (Å²) in [5, 5.41) is 20.6. The highest BCUT2D eigenvalue weighted by Gasteiger charge is 2.30. The van der Waals surface area contributed by atoms with Crippen molar-refractivity contribution in [3.8, 4) is 0 Å². The topological polar surface area (TPSA) is 63.6 Å². The Labute approximate surface area is 155 Å². The lowest BCUT2D eigenvalue weighted by atomic mass is 10.0. The Hall–Kier alpha value is -0.610. The van der Waals surface area contributed by atoms with Gasteiger partial charge in [-0.2, -0.15) is 0 Å². The number of aliphatic hydroxyl groups excluding tert-OH is 1. The molecule has 4 nitrogen and oxygen atoms in total. The molecule has 0 aromatic rings. The number of aliphatic carboxylic acids is 1. The zero-order valence-electron chi connectivity index (χ0n) is 16.4. The molecule has 1 saturated heterocycles. The molecular weight excluding hydrogens is 314 g/mol. The van der Waals surface area contributed by atoms with Crippen molar-refractivity contribution in [2.75, 3.05) is 13.1 Å². The zero-order valence-corrected chi connectivity index (χ0v) is 16.4. The number of unbranched alkanes of at least 4 members (excludes halogenated alkanes) is 13. The summed E-state index contributed by atoms with van der Waals surface area (Å²) in [6, 6.07) is -0.586. The van der Waals surface area contributed by atoms with E-state index in [-0.39, 0.29) is 0 Å². The molecule has 0 aromatic carbocycles. The smallest absolute Gasteiger partial charge is 0.0686 e. The van der Waals surface area contributed by atoms with Crippen LogP contribution >= 0.6 is 0 Å². The summed E-state index contributed by atoms with van der Waals surface area (Å²) in [5.41, 5.74) is 0. The van der Waals surface area contributed by atoms with E-state index in [2.05, 4.69) is 6.92 Å². The van der Waals surface area contributed by atoms with Gasteiger partial charge in [0, 0.05) is 6.54 Å². The van der Waals surface area contributed by atoms with Crippen LogP contribution in [0.4, 0.5) is 0 Å². The number of nitrogens with zero attached hydrogens (tertiary/aromatic N) is 1. The number of carboxylic acids is 1. The lowest BCUT2D eigenvalue weighted by Crippen LogP contribution is -2.44. The monoisotopic (exact) mass is 354 g/mol. The zero-order chi connectivity index (χ0) is 18.3. The fourth-order valence-corrected chi connectivity index (χ4v) is 3.88. The molecule has 1 N–H and O–H groups in total. The van der Waals surface area contributed by atoms with E-state index in [1.807, 2.05) is 4.90 Å². The van der Waals surface area contributed by atoms with Crippen LogP contribution in [0.25, 0.3) is 0 Å². The number of carboxylic acid groups (broad SMARTS) is 1. The largest absolute Gasteiger partial charge is 0.548 e. The Balaban J connectivity index is 1.84. The van der Waals surface area contributed by atoms with Crippen molar-refractivity contribution in [3.05, 3.63) is 0 Å². The van der Waals surface area contributed by atoms with Crippen molar-refractivity contribution < 1.29 is 15.0 Å². The van der Waals surface area contributed by atoms with Gasteiger partial charge in [0.15, 0.2) is 0 Å². The minimum Gasteiger partial charge on any atom is -0.548 e. The van der Waals surface area contributed by atoms with Crippen LogP contribution in [0.1, 0.15) is 103 Å². The second-order valence-corrected chi connectivity index (χ2v) is 7.82. The minimum absolute atomic E-state index is 0.320. The van der Waals surface area contributed by atoms with Crippen molar-refractivity contribution in [1.29, 1.82) is 0 Å². The first-order valence-corrected chi connectivity index (χ1v) is 10.8. The maximum Gasteiger partial charge on any atom is 0.0686 e. The number of likely N-dealkylation sites (tertiary alicyclic amines) is 1. The fourth-order valence-electron chi connectivity index (χ4n) is 3.88. The fraction of sp³-hybridized carbons (Fsp3) is 0.952. The molecule has 1 rings (SSSR count). The Morgan fingerprint density at radius 1 is 0.880 bits per heavy atom. The van der Waals surface area contributed by atoms with Crippen molar-refractivity contribution in [2.24, 2.45) is 0 Å². The van der Waals surface area contributed by atoms with Crippen LogP contribution < -0.4 is 5.11 Å². The summed E-state index contributed by atoms with van der Waals surface area (Å²) in [7, 11) is 0. The average molecular weight is 355 g/mol. The molecule has 1 heterocycles. The van der Waals surface area contributed by atoms with Crippen LogP contribution in [0.3, 0.4) is 0 Å². The van der Waals surface area contributed by atoms with Crippen LogP contribution in [0, 0.1) is 0 Å². The number of carbonyl (C=O) groups excluding carboxylic acids is 1. The van der Waals surface area contributed by atoms with E-state index < -0.39 is 18.1 Å². The van der Waals surface area contributed by atoms with Gasteiger partial charge in [-0.15, -0.1) is 0 Å². The second-order valence-electron chi connectivity index (χ2n) is 7.82. The van der Waals surface area contributed by atoms with Gasteiger partial charge in [0.25, 0.3) is 0 Å². The van der Waals surface area contributed by atoms with Gasteiger partial charge in [-0.05, 0) is 19.4 Å². The SMILES string of the molecule is CCCCCCCCCCCCCCCCN1C[C@H](O)C[C@H]1C(=O)[O-]. The van der Waals surface area contributed by atoms with E-state index >= 15 is 0 Å². The second kappa shape index (κ2) is 14.5. The van der Waals surface area contributed by atoms with Gasteiger partial charge in [0.1, 0.15) is 0 Å². The van der Waals surface area contributed by atoms with Crippen LogP contribution in [-0.4, -0.2) is 41.2 Å². The third kappa shape index (κ3) is 10.9. The predicted octanol–water partition coefficient (Wildman–Crippen LogP) is 3.65. The van der Waals surface area contributed by atoms with Crippen molar-refractivity contribution in [2.45, 2.75) is 115 Å². The molecule has 25 heavy (non-hydrogen) atoms. The van der Waals surface area contributed by atoms with Gasteiger partial charge < -0.3 is 15.0 Å². The number of hydrogen-bond donors (Lipinski definition) is 1. The molecular formula is C21H40NO3-. The molecule has 0 radical (unpaired) electrons. The number of β-amino-alcohol motifs (C(OH)–C–C–N with tert-alkyl or cyclic N) is 1. The average Bonchev–Trinajstić information content (AvgIpc) is 2.96. The van der Waals surface area contributed by atoms with Gasteiger partial charge in [-0.1, -0.05) is 90.4 Å². The minimum atomic E-state index is -1.04. The Bertz CT molecular complexity index is 335. The third-order valence-electron chi connectivity index (χ3n) is 5.45. The lowest BCUT2D eigenvalue weighted by Gasteiger charge is -2.24. The molecule has 1 fully saturated rings. The Kier molecular flexibility index (Phi) is 13.1. The molecule has 148 valence electrons. The highest BCUT2D eigenvalue weighted by atomic mass is 16.4. The molecule has 0 spiro atoms. The maximum absolute atomic E-state index is 11.0. The van der Waals surface area contributed by atoms with Gasteiger partial charge in [0.05, 0.1) is 18.1 Å². The van der Waals surface area contributed by atoms with E-state index in [1.54, 1.807) is 0 Å². The summed E-state index contributed by atoms with van der Waals surface area (Å²) in [6.07, 6.45) is 18.4. The predicted molar refractivity (Wildman–Crippen MR) is 101 cm³/mol. The van der Waals surface area contributed by atoms with E-state index in [4.69, 9.17) is 0 Å². The normalized spacial score (nSPS) is 21.0. The van der Waals surface area contributed by atoms with Crippen LogP contribution in [0.15, 0.2) is 0 Å². The maximum atomic E-state index is 11.0. The number of rotatable bonds is 16. The number of aliphatic hydroxyl groups is 1. The van der Waals surface area contributed by atoms with E-state index in [1.165, 1.54) is 77.0 Å². The molecule has 0 bridgehead atoms. The molecule has 0 aromatic heterocycles. The number of carbonyl (C=O) groups is 1. The molecule has 0 unspecified atom stereocenters. The molecule has 1 aliphatic heterocycles. The lowest BCUT2D eigenvalue weighted by molar-refractivity contribution is -0.311. The molecule has 0 amide bonds. The molecule has 0 aliphatic carbocycles. The van der Waals surface area contributed by atoms with Crippen LogP contribution in [0.2, 0.25) is 0 Å². The van der Waals surface area contributed by atoms with Crippen molar-refractivity contribution in [3.63, 3.8) is 0 Å². The van der Waals surface area contributed by atoms with Crippen LogP contribution in [-0.2, 0) is 4.79 Å². The molecule has 4 heteroatoms. The summed E-state index contributed by atoms with van der Waals surface area (Å²) >= 11 is 0. The standard InChI is InChI=1S/C21H41NO3/c1-2-3-4-5-6-7-8-9-10-11-12-13-14-15-16-22-18-19(23)17-20(22)21(24)25/h19-20,23H,2-18H2,1H3,(H,24,25)/p-1/t19-,20+/m1/s1.